The molecular formula is C18H17N3O4. The van der Waals surface area contributed by atoms with Gasteiger partial charge in [0.15, 0.2) is 0 Å². The Kier molecular flexibility index (Phi) is 4.56. The van der Waals surface area contributed by atoms with Crippen molar-refractivity contribution >= 4 is 34.6 Å². The quantitative estimate of drug-likeness (QED) is 0.505. The molecule has 0 saturated carbocycles. The Hall–Kier alpha value is -3.48. The molecule has 0 aliphatic carbocycles. The molecule has 1 heterocycles. The molecular weight excluding hydrogens is 322 g/mol. The lowest BCUT2D eigenvalue weighted by atomic mass is 10.1. The molecule has 2 aromatic rings. The van der Waals surface area contributed by atoms with Gasteiger partial charge in [-0.2, -0.15) is 0 Å². The van der Waals surface area contributed by atoms with Crippen LogP contribution in [-0.4, -0.2) is 23.7 Å². The van der Waals surface area contributed by atoms with Crippen molar-refractivity contribution < 1.29 is 19.4 Å². The zero-order valence-corrected chi connectivity index (χ0v) is 13.5. The van der Waals surface area contributed by atoms with E-state index in [1.54, 1.807) is 19.2 Å². The predicted molar refractivity (Wildman–Crippen MR) is 95.4 cm³/mol. The number of nitrogens with one attached hydrogen (secondary N) is 3. The van der Waals surface area contributed by atoms with Crippen LogP contribution in [0, 0.1) is 0 Å². The highest BCUT2D eigenvalue weighted by Crippen LogP contribution is 2.32. The highest BCUT2D eigenvalue weighted by Gasteiger charge is 2.23. The number of carbonyl (C=O) groups is 2. The standard InChI is InChI=1S/C18H17N3O4/c1-2-25-18(24)21-15-8-7-11(9-16(15)22)19-10-13-12-5-3-4-6-14(12)20-17(13)23/h3-10,19,22H,2H2,1H3,(H,20,23)(H,21,24). The van der Waals surface area contributed by atoms with Gasteiger partial charge in [0.05, 0.1) is 17.9 Å². The molecule has 25 heavy (non-hydrogen) atoms. The number of benzene rings is 2. The fourth-order valence-electron chi connectivity index (χ4n) is 2.44. The maximum Gasteiger partial charge on any atom is 0.411 e. The average molecular weight is 339 g/mol. The van der Waals surface area contributed by atoms with Gasteiger partial charge in [-0.15, -0.1) is 0 Å². The summed E-state index contributed by atoms with van der Waals surface area (Å²) in [5, 5.41) is 18.2. The van der Waals surface area contributed by atoms with Crippen molar-refractivity contribution in [3.8, 4) is 5.75 Å². The van der Waals surface area contributed by atoms with Crippen LogP contribution in [0.2, 0.25) is 0 Å². The van der Waals surface area contributed by atoms with Crippen molar-refractivity contribution in [3.63, 3.8) is 0 Å². The molecule has 7 nitrogen and oxygen atoms in total. The van der Waals surface area contributed by atoms with Gasteiger partial charge in [0, 0.05) is 29.2 Å². The minimum atomic E-state index is -0.639. The van der Waals surface area contributed by atoms with Crippen LogP contribution in [0.5, 0.6) is 5.75 Å². The largest absolute Gasteiger partial charge is 0.506 e. The van der Waals surface area contributed by atoms with E-state index in [1.165, 1.54) is 12.1 Å². The highest BCUT2D eigenvalue weighted by molar-refractivity contribution is 6.31. The molecule has 0 spiro atoms. The Morgan fingerprint density at radius 2 is 2.08 bits per heavy atom. The fraction of sp³-hybridized carbons (Fsp3) is 0.111. The van der Waals surface area contributed by atoms with Gasteiger partial charge in [0.1, 0.15) is 5.75 Å². The van der Waals surface area contributed by atoms with E-state index in [9.17, 15) is 14.7 Å². The average Bonchev–Trinajstić information content (AvgIpc) is 2.91. The Morgan fingerprint density at radius 3 is 2.84 bits per heavy atom. The van der Waals surface area contributed by atoms with Crippen molar-refractivity contribution in [2.24, 2.45) is 0 Å². The first-order valence-corrected chi connectivity index (χ1v) is 7.72. The zero-order chi connectivity index (χ0) is 17.8. The van der Waals surface area contributed by atoms with Crippen LogP contribution in [0.4, 0.5) is 21.9 Å². The van der Waals surface area contributed by atoms with Gasteiger partial charge in [-0.3, -0.25) is 10.1 Å². The van der Waals surface area contributed by atoms with Crippen molar-refractivity contribution in [3.05, 3.63) is 54.2 Å². The number of ether oxygens (including phenoxy) is 1. The number of para-hydroxylation sites is 1. The maximum absolute atomic E-state index is 12.0. The predicted octanol–water partition coefficient (Wildman–Crippen LogP) is 3.37. The van der Waals surface area contributed by atoms with E-state index in [0.717, 1.165) is 11.3 Å². The van der Waals surface area contributed by atoms with E-state index in [2.05, 4.69) is 16.0 Å². The SMILES string of the molecule is CCOC(=O)Nc1ccc(NC=C2C(=O)Nc3ccccc32)cc1O. The number of fused-ring (bicyclic) bond motifs is 1. The molecule has 1 aliphatic rings. The monoisotopic (exact) mass is 339 g/mol. The number of hydrogen-bond donors (Lipinski definition) is 4. The van der Waals surface area contributed by atoms with E-state index in [1.807, 2.05) is 24.3 Å². The summed E-state index contributed by atoms with van der Waals surface area (Å²) in [5.74, 6) is -0.314. The van der Waals surface area contributed by atoms with Gasteiger partial charge < -0.3 is 20.5 Å². The molecule has 0 unspecified atom stereocenters. The first kappa shape index (κ1) is 16.4. The van der Waals surface area contributed by atoms with Gasteiger partial charge in [-0.05, 0) is 25.1 Å². The molecule has 3 rings (SSSR count). The molecule has 128 valence electrons. The smallest absolute Gasteiger partial charge is 0.411 e. The molecule has 2 aromatic carbocycles. The summed E-state index contributed by atoms with van der Waals surface area (Å²) in [5.41, 5.74) is 2.88. The summed E-state index contributed by atoms with van der Waals surface area (Å²) in [6.45, 7) is 1.93. The van der Waals surface area contributed by atoms with Crippen LogP contribution in [0.15, 0.2) is 48.7 Å². The number of phenolic OH excluding ortho intramolecular Hbond substituents is 1. The van der Waals surface area contributed by atoms with Crippen molar-refractivity contribution in [2.45, 2.75) is 6.92 Å². The number of carbonyl (C=O) groups excluding carboxylic acids is 2. The van der Waals surface area contributed by atoms with E-state index in [4.69, 9.17) is 4.74 Å². The lowest BCUT2D eigenvalue weighted by Gasteiger charge is -2.09. The lowest BCUT2D eigenvalue weighted by molar-refractivity contribution is -0.110. The third-order valence-electron chi connectivity index (χ3n) is 3.60. The number of amides is 2. The molecule has 0 radical (unpaired) electrons. The summed E-state index contributed by atoms with van der Waals surface area (Å²) in [6.07, 6.45) is 0.939. The second-order valence-corrected chi connectivity index (χ2v) is 5.28. The molecule has 0 saturated heterocycles. The normalized spacial score (nSPS) is 14.0. The molecule has 4 N–H and O–H groups in total. The number of phenols is 1. The molecule has 7 heteroatoms. The summed E-state index contributed by atoms with van der Waals surface area (Å²) in [4.78, 5) is 23.4. The molecule has 0 fully saturated rings. The molecule has 2 amide bonds. The third kappa shape index (κ3) is 3.55. The molecule has 0 bridgehead atoms. The molecule has 0 atom stereocenters. The van der Waals surface area contributed by atoms with Gasteiger partial charge in [-0.25, -0.2) is 4.79 Å². The van der Waals surface area contributed by atoms with Crippen LogP contribution in [-0.2, 0) is 9.53 Å². The van der Waals surface area contributed by atoms with Crippen molar-refractivity contribution in [1.29, 1.82) is 0 Å². The summed E-state index contributed by atoms with van der Waals surface area (Å²) < 4.78 is 4.76. The van der Waals surface area contributed by atoms with E-state index < -0.39 is 6.09 Å². The van der Waals surface area contributed by atoms with Crippen LogP contribution in [0.1, 0.15) is 12.5 Å². The summed E-state index contributed by atoms with van der Waals surface area (Å²) in [6, 6.07) is 12.0. The minimum absolute atomic E-state index is 0.118. The second-order valence-electron chi connectivity index (χ2n) is 5.28. The number of anilines is 3. The van der Waals surface area contributed by atoms with Crippen molar-refractivity contribution in [1.82, 2.24) is 0 Å². The molecule has 0 aromatic heterocycles. The van der Waals surface area contributed by atoms with Crippen LogP contribution >= 0.6 is 0 Å². The van der Waals surface area contributed by atoms with Crippen LogP contribution in [0.25, 0.3) is 5.57 Å². The fourth-order valence-corrected chi connectivity index (χ4v) is 2.44. The topological polar surface area (TPSA) is 99.7 Å². The lowest BCUT2D eigenvalue weighted by Crippen LogP contribution is -2.13. The van der Waals surface area contributed by atoms with E-state index in [0.29, 0.717) is 11.3 Å². The van der Waals surface area contributed by atoms with Gasteiger partial charge in [-0.1, -0.05) is 18.2 Å². The Bertz CT molecular complexity index is 861. The maximum atomic E-state index is 12.0. The van der Waals surface area contributed by atoms with E-state index >= 15 is 0 Å². The number of aromatic hydroxyl groups is 1. The summed E-state index contributed by atoms with van der Waals surface area (Å²) in [7, 11) is 0. The third-order valence-corrected chi connectivity index (χ3v) is 3.60. The van der Waals surface area contributed by atoms with Crippen molar-refractivity contribution in [2.75, 3.05) is 22.6 Å². The van der Waals surface area contributed by atoms with Gasteiger partial charge >= 0.3 is 6.09 Å². The van der Waals surface area contributed by atoms with Gasteiger partial charge in [0.25, 0.3) is 5.91 Å². The highest BCUT2D eigenvalue weighted by atomic mass is 16.5. The first-order chi connectivity index (χ1) is 12.1. The number of rotatable bonds is 4. The van der Waals surface area contributed by atoms with Crippen LogP contribution < -0.4 is 16.0 Å². The number of hydrogen-bond acceptors (Lipinski definition) is 5. The summed E-state index contributed by atoms with van der Waals surface area (Å²) >= 11 is 0. The van der Waals surface area contributed by atoms with Crippen LogP contribution in [0.3, 0.4) is 0 Å². The zero-order valence-electron chi connectivity index (χ0n) is 13.5. The Morgan fingerprint density at radius 1 is 1.28 bits per heavy atom. The minimum Gasteiger partial charge on any atom is -0.506 e. The molecule has 1 aliphatic heterocycles. The Labute approximate surface area is 144 Å². The Balaban J connectivity index is 1.75. The van der Waals surface area contributed by atoms with E-state index in [-0.39, 0.29) is 24.0 Å². The first-order valence-electron chi connectivity index (χ1n) is 7.72. The second kappa shape index (κ2) is 6.96. The van der Waals surface area contributed by atoms with Gasteiger partial charge in [0.2, 0.25) is 0 Å².